The van der Waals surface area contributed by atoms with Crippen molar-refractivity contribution in [2.45, 2.75) is 70.2 Å². The van der Waals surface area contributed by atoms with Crippen LogP contribution in [0.15, 0.2) is 15.8 Å². The summed E-state index contributed by atoms with van der Waals surface area (Å²) in [5, 5.41) is 1.63. The summed E-state index contributed by atoms with van der Waals surface area (Å²) < 4.78 is 7.49. The highest BCUT2D eigenvalue weighted by molar-refractivity contribution is 7.99. The van der Waals surface area contributed by atoms with Gasteiger partial charge in [0, 0.05) is 30.8 Å². The van der Waals surface area contributed by atoms with Crippen LogP contribution >= 0.6 is 23.4 Å². The maximum atomic E-state index is 13.5. The number of thioether (sulfide) groups is 1. The molecule has 1 amide bonds. The number of amides is 1. The summed E-state index contributed by atoms with van der Waals surface area (Å²) in [6, 6.07) is 1.85. The smallest absolute Gasteiger partial charge is 0.410 e. The molecule has 0 N–H and O–H groups in total. The van der Waals surface area contributed by atoms with Gasteiger partial charge in [0.25, 0.3) is 0 Å². The summed E-state index contributed by atoms with van der Waals surface area (Å²) in [6.45, 7) is 13.5. The van der Waals surface area contributed by atoms with Crippen molar-refractivity contribution in [1.29, 1.82) is 0 Å². The van der Waals surface area contributed by atoms with Gasteiger partial charge in [-0.3, -0.25) is 9.47 Å². The second-order valence-electron chi connectivity index (χ2n) is 11.0. The zero-order valence-electron chi connectivity index (χ0n) is 21.9. The number of ether oxygens (including phenoxy) is 1. The topological polar surface area (TPSA) is 70.9 Å². The average Bonchev–Trinajstić information content (AvgIpc) is 2.71. The summed E-state index contributed by atoms with van der Waals surface area (Å²) in [5.41, 5.74) is 1.02. The number of benzene rings is 1. The number of halogens is 1. The number of carbonyl (C=O) groups excluding carboxylic acids is 1. The van der Waals surface area contributed by atoms with Gasteiger partial charge in [0.15, 0.2) is 0 Å². The first-order chi connectivity index (χ1) is 16.3. The number of hydrogen-bond donors (Lipinski definition) is 0. The van der Waals surface area contributed by atoms with Gasteiger partial charge in [-0.25, -0.2) is 9.59 Å². The molecular formula is C25H36ClN5O3S. The molecule has 0 spiro atoms. The summed E-state index contributed by atoms with van der Waals surface area (Å²) in [7, 11) is 4.03. The van der Waals surface area contributed by atoms with Gasteiger partial charge in [0.05, 0.1) is 33.6 Å². The molecule has 0 unspecified atom stereocenters. The number of anilines is 1. The number of carbonyl (C=O) groups is 1. The first kappa shape index (κ1) is 26.1. The number of aromatic nitrogens is 2. The van der Waals surface area contributed by atoms with Gasteiger partial charge >= 0.3 is 11.8 Å². The summed E-state index contributed by atoms with van der Waals surface area (Å²) >= 11 is 8.45. The maximum absolute atomic E-state index is 13.5. The van der Waals surface area contributed by atoms with Crippen molar-refractivity contribution in [3.63, 3.8) is 0 Å². The zero-order valence-corrected chi connectivity index (χ0v) is 23.5. The molecule has 2 aliphatic heterocycles. The van der Waals surface area contributed by atoms with Gasteiger partial charge in [0.1, 0.15) is 11.4 Å². The lowest BCUT2D eigenvalue weighted by atomic mass is 10.1. The van der Waals surface area contributed by atoms with E-state index in [1.54, 1.807) is 16.7 Å². The summed E-state index contributed by atoms with van der Waals surface area (Å²) in [6.07, 6.45) is -0.312. The zero-order chi connectivity index (χ0) is 25.8. The molecule has 1 aromatic heterocycles. The van der Waals surface area contributed by atoms with E-state index in [9.17, 15) is 9.59 Å². The fourth-order valence-electron chi connectivity index (χ4n) is 5.16. The fraction of sp³-hybridized carbons (Fsp3) is 0.640. The average molecular weight is 522 g/mol. The van der Waals surface area contributed by atoms with Gasteiger partial charge in [-0.15, -0.1) is 11.8 Å². The van der Waals surface area contributed by atoms with E-state index < -0.39 is 5.60 Å². The lowest BCUT2D eigenvalue weighted by Crippen LogP contribution is -2.60. The van der Waals surface area contributed by atoms with Crippen LogP contribution in [0.2, 0.25) is 5.02 Å². The molecule has 35 heavy (non-hydrogen) atoms. The molecule has 0 bridgehead atoms. The SMILES string of the molecule is Cc1cc2c(N3C[C@@H](C)N(C(=O)OC(C)(C)C)[C@@H](C)C3)nc(=O)n3c2c(c1Cl)SC[C@@H]3CN(C)C. The van der Waals surface area contributed by atoms with Crippen molar-refractivity contribution in [3.8, 4) is 0 Å². The molecule has 2 aromatic rings. The third kappa shape index (κ3) is 5.00. The largest absolute Gasteiger partial charge is 0.444 e. The maximum Gasteiger partial charge on any atom is 0.410 e. The van der Waals surface area contributed by atoms with Crippen molar-refractivity contribution in [1.82, 2.24) is 19.4 Å². The quantitative estimate of drug-likeness (QED) is 0.592. The molecule has 0 aliphatic carbocycles. The Kier molecular flexibility index (Phi) is 7.07. The van der Waals surface area contributed by atoms with Gasteiger partial charge in [0.2, 0.25) is 0 Å². The molecule has 1 fully saturated rings. The number of piperazine rings is 1. The van der Waals surface area contributed by atoms with Crippen molar-refractivity contribution < 1.29 is 9.53 Å². The molecule has 1 saturated heterocycles. The molecular weight excluding hydrogens is 486 g/mol. The molecule has 4 rings (SSSR count). The van der Waals surface area contributed by atoms with E-state index in [0.29, 0.717) is 23.9 Å². The van der Waals surface area contributed by atoms with Crippen molar-refractivity contribution in [2.75, 3.05) is 44.4 Å². The molecule has 1 aromatic carbocycles. The Hall–Kier alpha value is -1.97. The van der Waals surface area contributed by atoms with E-state index >= 15 is 0 Å². The monoisotopic (exact) mass is 521 g/mol. The lowest BCUT2D eigenvalue weighted by molar-refractivity contribution is 0.00562. The predicted octanol–water partition coefficient (Wildman–Crippen LogP) is 4.40. The normalized spacial score (nSPS) is 22.7. The van der Waals surface area contributed by atoms with Gasteiger partial charge in [-0.05, 0) is 67.3 Å². The Labute approximate surface area is 216 Å². The first-order valence-corrected chi connectivity index (χ1v) is 13.4. The van der Waals surface area contributed by atoms with Crippen molar-refractivity contribution in [2.24, 2.45) is 0 Å². The van der Waals surface area contributed by atoms with Crippen LogP contribution in [0.1, 0.15) is 46.2 Å². The second-order valence-corrected chi connectivity index (χ2v) is 12.4. The van der Waals surface area contributed by atoms with Crippen LogP contribution in [0.4, 0.5) is 10.6 Å². The van der Waals surface area contributed by atoms with E-state index in [1.165, 1.54) is 0 Å². The van der Waals surface area contributed by atoms with Crippen LogP contribution in [0, 0.1) is 6.92 Å². The molecule has 3 atom stereocenters. The van der Waals surface area contributed by atoms with Crippen LogP contribution in [0.5, 0.6) is 0 Å². The Morgan fingerprint density at radius 2 is 1.89 bits per heavy atom. The molecule has 10 heteroatoms. The van der Waals surface area contributed by atoms with E-state index in [1.807, 2.05) is 66.3 Å². The molecule has 192 valence electrons. The molecule has 0 radical (unpaired) electrons. The number of likely N-dealkylation sites (N-methyl/N-ethyl adjacent to an activating group) is 1. The lowest BCUT2D eigenvalue weighted by Gasteiger charge is -2.45. The van der Waals surface area contributed by atoms with Crippen LogP contribution in [-0.2, 0) is 4.74 Å². The van der Waals surface area contributed by atoms with Crippen LogP contribution in [0.25, 0.3) is 10.9 Å². The van der Waals surface area contributed by atoms with Gasteiger partial charge < -0.3 is 14.5 Å². The van der Waals surface area contributed by atoms with Crippen molar-refractivity contribution >= 4 is 46.2 Å². The third-order valence-corrected chi connectivity index (χ3v) is 8.29. The Morgan fingerprint density at radius 1 is 1.26 bits per heavy atom. The molecule has 2 aliphatic rings. The first-order valence-electron chi connectivity index (χ1n) is 12.1. The van der Waals surface area contributed by atoms with Crippen molar-refractivity contribution in [3.05, 3.63) is 27.1 Å². The van der Waals surface area contributed by atoms with Crippen LogP contribution in [0.3, 0.4) is 0 Å². The minimum Gasteiger partial charge on any atom is -0.444 e. The fourth-order valence-corrected chi connectivity index (χ4v) is 6.71. The Bertz CT molecular complexity index is 1200. The Morgan fingerprint density at radius 3 is 2.46 bits per heavy atom. The number of aryl methyl sites for hydroxylation is 1. The molecule has 0 saturated carbocycles. The Balaban J connectivity index is 1.78. The van der Waals surface area contributed by atoms with Gasteiger partial charge in [-0.2, -0.15) is 4.98 Å². The second kappa shape index (κ2) is 9.48. The number of nitrogens with zero attached hydrogens (tertiary/aromatic N) is 5. The third-order valence-electron chi connectivity index (χ3n) is 6.45. The van der Waals surface area contributed by atoms with Gasteiger partial charge in [-0.1, -0.05) is 11.6 Å². The van der Waals surface area contributed by atoms with E-state index in [4.69, 9.17) is 16.3 Å². The highest BCUT2D eigenvalue weighted by Crippen LogP contribution is 2.44. The van der Waals surface area contributed by atoms with Crippen LogP contribution < -0.4 is 10.6 Å². The predicted molar refractivity (Wildman–Crippen MR) is 143 cm³/mol. The number of hydrogen-bond acceptors (Lipinski definition) is 7. The summed E-state index contributed by atoms with van der Waals surface area (Å²) in [5.74, 6) is 1.43. The van der Waals surface area contributed by atoms with E-state index in [2.05, 4.69) is 14.8 Å². The standard InChI is InChI=1S/C25H36ClN5O3S/c1-14-9-18-20-21(19(14)26)35-13-17(12-28(7)8)31(20)23(32)27-22(18)29-10-15(2)30(16(3)11-29)24(33)34-25(4,5)6/h9,15-17H,10-13H2,1-8H3/t15-,16+,17-/m0/s1. The number of rotatable bonds is 3. The summed E-state index contributed by atoms with van der Waals surface area (Å²) in [4.78, 5) is 37.9. The minimum absolute atomic E-state index is 0.0136. The van der Waals surface area contributed by atoms with E-state index in [-0.39, 0.29) is 29.9 Å². The molecule has 8 nitrogen and oxygen atoms in total. The molecule has 3 heterocycles. The van der Waals surface area contributed by atoms with Crippen LogP contribution in [-0.4, -0.2) is 82.6 Å². The van der Waals surface area contributed by atoms with E-state index in [0.717, 1.165) is 33.7 Å². The highest BCUT2D eigenvalue weighted by Gasteiger charge is 2.37. The highest BCUT2D eigenvalue weighted by atomic mass is 35.5. The minimum atomic E-state index is -0.558.